The maximum atomic E-state index is 12.6. The molecule has 1 aliphatic carbocycles. The Morgan fingerprint density at radius 1 is 1.17 bits per heavy atom. The summed E-state index contributed by atoms with van der Waals surface area (Å²) < 4.78 is 2.07. The van der Waals surface area contributed by atoms with Crippen molar-refractivity contribution in [3.05, 3.63) is 59.4 Å². The number of imidazole rings is 1. The van der Waals surface area contributed by atoms with Crippen LogP contribution in [-0.2, 0) is 11.3 Å². The van der Waals surface area contributed by atoms with Crippen molar-refractivity contribution in [2.24, 2.45) is 0 Å². The number of fused-ring (bicyclic) bond motifs is 1. The van der Waals surface area contributed by atoms with Crippen molar-refractivity contribution >= 4 is 22.6 Å². The number of aromatic nitrogens is 2. The molecular formula is C20H21N3O. The largest absolute Gasteiger partial charge is 0.325 e. The summed E-state index contributed by atoms with van der Waals surface area (Å²) in [5.74, 6) is 1.54. The highest BCUT2D eigenvalue weighted by molar-refractivity contribution is 5.92. The number of amides is 1. The van der Waals surface area contributed by atoms with Crippen molar-refractivity contribution in [2.75, 3.05) is 5.32 Å². The van der Waals surface area contributed by atoms with Crippen LogP contribution in [0.1, 0.15) is 35.7 Å². The van der Waals surface area contributed by atoms with E-state index in [1.54, 1.807) is 0 Å². The molecule has 2 aromatic carbocycles. The molecule has 24 heavy (non-hydrogen) atoms. The number of aryl methyl sites for hydroxylation is 2. The highest BCUT2D eigenvalue weighted by Gasteiger charge is 2.30. The van der Waals surface area contributed by atoms with Crippen molar-refractivity contribution in [1.82, 2.24) is 9.55 Å². The molecule has 1 aliphatic rings. The SMILES string of the molecule is Cc1ccc(NC(=O)Cn2c(C3CC3)nc3ccccc32)cc1C. The normalized spacial score (nSPS) is 14.1. The van der Waals surface area contributed by atoms with Gasteiger partial charge in [-0.25, -0.2) is 4.98 Å². The van der Waals surface area contributed by atoms with E-state index in [1.165, 1.54) is 24.0 Å². The van der Waals surface area contributed by atoms with E-state index in [4.69, 9.17) is 4.98 Å². The maximum Gasteiger partial charge on any atom is 0.244 e. The van der Waals surface area contributed by atoms with Gasteiger partial charge in [-0.1, -0.05) is 18.2 Å². The number of nitrogens with one attached hydrogen (secondary N) is 1. The second-order valence-corrected chi connectivity index (χ2v) is 6.67. The van der Waals surface area contributed by atoms with Gasteiger partial charge in [-0.2, -0.15) is 0 Å². The van der Waals surface area contributed by atoms with E-state index < -0.39 is 0 Å². The number of hydrogen-bond acceptors (Lipinski definition) is 2. The molecule has 0 aliphatic heterocycles. The Balaban J connectivity index is 1.60. The molecule has 122 valence electrons. The van der Waals surface area contributed by atoms with Crippen LogP contribution >= 0.6 is 0 Å². The molecule has 4 rings (SSSR count). The molecule has 1 amide bonds. The highest BCUT2D eigenvalue weighted by Crippen LogP contribution is 2.40. The average Bonchev–Trinajstić information content (AvgIpc) is 3.34. The Morgan fingerprint density at radius 3 is 2.71 bits per heavy atom. The molecule has 0 atom stereocenters. The van der Waals surface area contributed by atoms with Gasteiger partial charge in [-0.3, -0.25) is 4.79 Å². The molecule has 3 aromatic rings. The summed E-state index contributed by atoms with van der Waals surface area (Å²) in [6.07, 6.45) is 2.34. The van der Waals surface area contributed by atoms with Gasteiger partial charge >= 0.3 is 0 Å². The number of carbonyl (C=O) groups is 1. The molecule has 4 nitrogen and oxygen atoms in total. The minimum Gasteiger partial charge on any atom is -0.325 e. The van der Waals surface area contributed by atoms with Gasteiger partial charge in [0.2, 0.25) is 5.91 Å². The van der Waals surface area contributed by atoms with Crippen molar-refractivity contribution in [3.8, 4) is 0 Å². The van der Waals surface area contributed by atoms with Crippen LogP contribution in [-0.4, -0.2) is 15.5 Å². The van der Waals surface area contributed by atoms with E-state index >= 15 is 0 Å². The lowest BCUT2D eigenvalue weighted by atomic mass is 10.1. The average molecular weight is 319 g/mol. The molecule has 0 bridgehead atoms. The van der Waals surface area contributed by atoms with E-state index in [-0.39, 0.29) is 5.91 Å². The fourth-order valence-corrected chi connectivity index (χ4v) is 3.08. The Bertz CT molecular complexity index is 922. The number of rotatable bonds is 4. The van der Waals surface area contributed by atoms with E-state index in [2.05, 4.69) is 23.7 Å². The Morgan fingerprint density at radius 2 is 1.96 bits per heavy atom. The van der Waals surface area contributed by atoms with Crippen LogP contribution in [0.3, 0.4) is 0 Å². The minimum atomic E-state index is -0.0108. The molecule has 0 radical (unpaired) electrons. The third-order valence-corrected chi connectivity index (χ3v) is 4.72. The van der Waals surface area contributed by atoms with Gasteiger partial charge in [0.1, 0.15) is 12.4 Å². The van der Waals surface area contributed by atoms with Crippen LogP contribution in [0.25, 0.3) is 11.0 Å². The second-order valence-electron chi connectivity index (χ2n) is 6.67. The molecule has 4 heteroatoms. The zero-order chi connectivity index (χ0) is 16.7. The first-order valence-electron chi connectivity index (χ1n) is 8.44. The van der Waals surface area contributed by atoms with Gasteiger partial charge in [-0.15, -0.1) is 0 Å². The fourth-order valence-electron chi connectivity index (χ4n) is 3.08. The van der Waals surface area contributed by atoms with E-state index in [0.717, 1.165) is 22.5 Å². The number of anilines is 1. The van der Waals surface area contributed by atoms with Crippen LogP contribution < -0.4 is 5.32 Å². The first kappa shape index (κ1) is 14.9. The second kappa shape index (κ2) is 5.78. The molecule has 1 aromatic heterocycles. The monoisotopic (exact) mass is 319 g/mol. The summed E-state index contributed by atoms with van der Waals surface area (Å²) in [6.45, 7) is 4.43. The summed E-state index contributed by atoms with van der Waals surface area (Å²) in [5, 5.41) is 3.01. The number of hydrogen-bond donors (Lipinski definition) is 1. The summed E-state index contributed by atoms with van der Waals surface area (Å²) in [6, 6.07) is 14.0. The van der Waals surface area contributed by atoms with Crippen LogP contribution in [0.15, 0.2) is 42.5 Å². The third kappa shape index (κ3) is 2.80. The third-order valence-electron chi connectivity index (χ3n) is 4.72. The quantitative estimate of drug-likeness (QED) is 0.784. The van der Waals surface area contributed by atoms with Crippen LogP contribution in [0, 0.1) is 13.8 Å². The molecule has 0 spiro atoms. The summed E-state index contributed by atoms with van der Waals surface area (Å²) >= 11 is 0. The van der Waals surface area contributed by atoms with E-state index in [0.29, 0.717) is 12.5 Å². The van der Waals surface area contributed by atoms with E-state index in [9.17, 15) is 4.79 Å². The topological polar surface area (TPSA) is 46.9 Å². The first-order chi connectivity index (χ1) is 11.6. The van der Waals surface area contributed by atoms with Crippen molar-refractivity contribution in [1.29, 1.82) is 0 Å². The Kier molecular flexibility index (Phi) is 3.60. The predicted molar refractivity (Wildman–Crippen MR) is 96.3 cm³/mol. The van der Waals surface area contributed by atoms with Crippen molar-refractivity contribution < 1.29 is 4.79 Å². The lowest BCUT2D eigenvalue weighted by Crippen LogP contribution is -2.20. The summed E-state index contributed by atoms with van der Waals surface area (Å²) in [5.41, 5.74) is 5.26. The Labute approximate surface area is 141 Å². The zero-order valence-corrected chi connectivity index (χ0v) is 14.0. The predicted octanol–water partition coefficient (Wildman–Crippen LogP) is 4.17. The summed E-state index contributed by atoms with van der Waals surface area (Å²) in [4.78, 5) is 17.3. The van der Waals surface area contributed by atoms with Crippen molar-refractivity contribution in [2.45, 2.75) is 39.2 Å². The summed E-state index contributed by atoms with van der Waals surface area (Å²) in [7, 11) is 0. The lowest BCUT2D eigenvalue weighted by molar-refractivity contribution is -0.116. The number of nitrogens with zero attached hydrogens (tertiary/aromatic N) is 2. The van der Waals surface area contributed by atoms with E-state index in [1.807, 2.05) is 42.5 Å². The van der Waals surface area contributed by atoms with Crippen LogP contribution in [0.2, 0.25) is 0 Å². The fraction of sp³-hybridized carbons (Fsp3) is 0.300. The smallest absolute Gasteiger partial charge is 0.244 e. The highest BCUT2D eigenvalue weighted by atomic mass is 16.1. The molecule has 1 saturated carbocycles. The van der Waals surface area contributed by atoms with Crippen LogP contribution in [0.4, 0.5) is 5.69 Å². The van der Waals surface area contributed by atoms with Gasteiger partial charge < -0.3 is 9.88 Å². The minimum absolute atomic E-state index is 0.0108. The molecule has 1 N–H and O–H groups in total. The first-order valence-corrected chi connectivity index (χ1v) is 8.44. The zero-order valence-electron chi connectivity index (χ0n) is 14.0. The van der Waals surface area contributed by atoms with Gasteiger partial charge in [-0.05, 0) is 62.1 Å². The van der Waals surface area contributed by atoms with Gasteiger partial charge in [0.15, 0.2) is 0 Å². The maximum absolute atomic E-state index is 12.6. The molecule has 1 heterocycles. The Hall–Kier alpha value is -2.62. The molecule has 0 unspecified atom stereocenters. The number of carbonyl (C=O) groups excluding carboxylic acids is 1. The van der Waals surface area contributed by atoms with Gasteiger partial charge in [0.25, 0.3) is 0 Å². The number of benzene rings is 2. The molecule has 0 saturated heterocycles. The van der Waals surface area contributed by atoms with Gasteiger partial charge in [0, 0.05) is 11.6 Å². The van der Waals surface area contributed by atoms with Gasteiger partial charge in [0.05, 0.1) is 11.0 Å². The molecule has 1 fully saturated rings. The van der Waals surface area contributed by atoms with Crippen molar-refractivity contribution in [3.63, 3.8) is 0 Å². The lowest BCUT2D eigenvalue weighted by Gasteiger charge is -2.11. The molecular weight excluding hydrogens is 298 g/mol. The number of para-hydroxylation sites is 2. The van der Waals surface area contributed by atoms with Crippen LogP contribution in [0.5, 0.6) is 0 Å². The standard InChI is InChI=1S/C20H21N3O/c1-13-7-10-16(11-14(13)2)21-19(24)12-23-18-6-4-3-5-17(18)22-20(23)15-8-9-15/h3-7,10-11,15H,8-9,12H2,1-2H3,(H,21,24).